The average molecular weight is 359 g/mol. The summed E-state index contributed by atoms with van der Waals surface area (Å²) in [5.41, 5.74) is 0.442. The van der Waals surface area contributed by atoms with E-state index < -0.39 is 17.9 Å². The van der Waals surface area contributed by atoms with Gasteiger partial charge in [0, 0.05) is 13.1 Å². The van der Waals surface area contributed by atoms with Crippen LogP contribution < -0.4 is 15.6 Å². The predicted molar refractivity (Wildman–Crippen MR) is 93.9 cm³/mol. The molecule has 1 N–H and O–H groups in total. The van der Waals surface area contributed by atoms with Gasteiger partial charge in [0.15, 0.2) is 0 Å². The first kappa shape index (κ1) is 19.2. The van der Waals surface area contributed by atoms with Crippen LogP contribution in [0.25, 0.3) is 0 Å². The van der Waals surface area contributed by atoms with Crippen LogP contribution in [0.15, 0.2) is 41.2 Å². The van der Waals surface area contributed by atoms with E-state index in [-0.39, 0.29) is 24.3 Å². The van der Waals surface area contributed by atoms with Gasteiger partial charge >= 0.3 is 5.97 Å². The van der Waals surface area contributed by atoms with Crippen molar-refractivity contribution in [3.05, 3.63) is 58.0 Å². The number of hydrogen-bond acceptors (Lipinski definition) is 6. The molecule has 0 aliphatic heterocycles. The van der Waals surface area contributed by atoms with E-state index in [4.69, 9.17) is 9.47 Å². The van der Waals surface area contributed by atoms with Crippen molar-refractivity contribution in [2.45, 2.75) is 19.4 Å². The van der Waals surface area contributed by atoms with E-state index in [1.54, 1.807) is 31.2 Å². The third-order valence-electron chi connectivity index (χ3n) is 3.67. The number of benzene rings is 1. The standard InChI is InChI=1S/C18H21N3O5/c1-4-26-17(23)11-15(12-6-5-7-13(10-12)25-3)19-18(24)14-8-9-16(22)21(2)20-14/h5-10,15H,4,11H2,1-3H3,(H,19,24). The molecule has 8 nitrogen and oxygen atoms in total. The Hall–Kier alpha value is -3.16. The fourth-order valence-corrected chi connectivity index (χ4v) is 2.35. The molecule has 0 fully saturated rings. The Bertz CT molecular complexity index is 847. The Morgan fingerprint density at radius 1 is 1.27 bits per heavy atom. The molecule has 1 aromatic carbocycles. The molecule has 1 amide bonds. The molecule has 0 aliphatic rings. The molecule has 0 aliphatic carbocycles. The van der Waals surface area contributed by atoms with Crippen LogP contribution >= 0.6 is 0 Å². The summed E-state index contributed by atoms with van der Waals surface area (Å²) in [5, 5.41) is 6.68. The van der Waals surface area contributed by atoms with Crippen molar-refractivity contribution in [2.75, 3.05) is 13.7 Å². The van der Waals surface area contributed by atoms with Gasteiger partial charge in [0.1, 0.15) is 11.4 Å². The van der Waals surface area contributed by atoms with Gasteiger partial charge in [-0.25, -0.2) is 4.68 Å². The third-order valence-corrected chi connectivity index (χ3v) is 3.67. The molecule has 0 spiro atoms. The highest BCUT2D eigenvalue weighted by Gasteiger charge is 2.21. The SMILES string of the molecule is CCOC(=O)CC(NC(=O)c1ccc(=O)n(C)n1)c1cccc(OC)c1. The monoisotopic (exact) mass is 359 g/mol. The van der Waals surface area contributed by atoms with E-state index in [0.717, 1.165) is 4.68 Å². The summed E-state index contributed by atoms with van der Waals surface area (Å²) in [6.07, 6.45) is -0.0431. The molecular formula is C18H21N3O5. The molecule has 0 bridgehead atoms. The van der Waals surface area contributed by atoms with E-state index >= 15 is 0 Å². The summed E-state index contributed by atoms with van der Waals surface area (Å²) in [6.45, 7) is 1.96. The summed E-state index contributed by atoms with van der Waals surface area (Å²) >= 11 is 0. The number of ether oxygens (including phenoxy) is 2. The van der Waals surface area contributed by atoms with Gasteiger partial charge < -0.3 is 14.8 Å². The minimum absolute atomic E-state index is 0.0431. The highest BCUT2D eigenvalue weighted by atomic mass is 16.5. The number of methoxy groups -OCH3 is 1. The number of carbonyl (C=O) groups is 2. The molecule has 2 aromatic rings. The van der Waals surface area contributed by atoms with Gasteiger partial charge in [0.2, 0.25) is 0 Å². The molecule has 26 heavy (non-hydrogen) atoms. The second kappa shape index (κ2) is 8.80. The normalized spacial score (nSPS) is 11.5. The summed E-state index contributed by atoms with van der Waals surface area (Å²) in [7, 11) is 2.99. The number of esters is 1. The molecule has 2 rings (SSSR count). The Kier molecular flexibility index (Phi) is 6.48. The molecule has 1 unspecified atom stereocenters. The van der Waals surface area contributed by atoms with E-state index in [1.807, 2.05) is 0 Å². The number of amides is 1. The van der Waals surface area contributed by atoms with Crippen LogP contribution in [0.2, 0.25) is 0 Å². The number of nitrogens with zero attached hydrogens (tertiary/aromatic N) is 2. The average Bonchev–Trinajstić information content (AvgIpc) is 2.63. The third kappa shape index (κ3) is 4.92. The Morgan fingerprint density at radius 2 is 2.04 bits per heavy atom. The molecule has 0 saturated heterocycles. The zero-order valence-electron chi connectivity index (χ0n) is 14.9. The van der Waals surface area contributed by atoms with E-state index in [1.165, 1.54) is 26.3 Å². The smallest absolute Gasteiger partial charge is 0.308 e. The van der Waals surface area contributed by atoms with Gasteiger partial charge in [-0.15, -0.1) is 0 Å². The highest BCUT2D eigenvalue weighted by Crippen LogP contribution is 2.22. The molecule has 8 heteroatoms. The predicted octanol–water partition coefficient (Wildman–Crippen LogP) is 1.21. The first-order valence-electron chi connectivity index (χ1n) is 8.09. The van der Waals surface area contributed by atoms with Crippen LogP contribution in [0.4, 0.5) is 0 Å². The lowest BCUT2D eigenvalue weighted by atomic mass is 10.0. The quantitative estimate of drug-likeness (QED) is 0.746. The van der Waals surface area contributed by atoms with Crippen molar-refractivity contribution in [3.8, 4) is 5.75 Å². The molecule has 0 saturated carbocycles. The largest absolute Gasteiger partial charge is 0.497 e. The summed E-state index contributed by atoms with van der Waals surface area (Å²) < 4.78 is 11.3. The lowest BCUT2D eigenvalue weighted by Gasteiger charge is -2.19. The fraction of sp³-hybridized carbons (Fsp3) is 0.333. The van der Waals surface area contributed by atoms with Crippen LogP contribution in [-0.2, 0) is 16.6 Å². The first-order chi connectivity index (χ1) is 12.4. The van der Waals surface area contributed by atoms with Gasteiger partial charge in [-0.05, 0) is 30.7 Å². The molecule has 1 aromatic heterocycles. The minimum atomic E-state index is -0.629. The zero-order chi connectivity index (χ0) is 19.1. The van der Waals surface area contributed by atoms with Gasteiger partial charge in [0.25, 0.3) is 11.5 Å². The fourth-order valence-electron chi connectivity index (χ4n) is 2.35. The van der Waals surface area contributed by atoms with Crippen molar-refractivity contribution in [1.29, 1.82) is 0 Å². The minimum Gasteiger partial charge on any atom is -0.497 e. The summed E-state index contributed by atoms with van der Waals surface area (Å²) in [6, 6.07) is 9.01. The van der Waals surface area contributed by atoms with E-state index in [0.29, 0.717) is 11.3 Å². The summed E-state index contributed by atoms with van der Waals surface area (Å²) in [5.74, 6) is -0.336. The van der Waals surface area contributed by atoms with E-state index in [9.17, 15) is 14.4 Å². The van der Waals surface area contributed by atoms with Gasteiger partial charge in [-0.2, -0.15) is 5.10 Å². The molecule has 0 radical (unpaired) electrons. The molecule has 138 valence electrons. The van der Waals surface area contributed by atoms with Crippen LogP contribution in [0.1, 0.15) is 35.4 Å². The van der Waals surface area contributed by atoms with Gasteiger partial charge in [-0.3, -0.25) is 14.4 Å². The van der Waals surface area contributed by atoms with E-state index in [2.05, 4.69) is 10.4 Å². The highest BCUT2D eigenvalue weighted by molar-refractivity contribution is 5.92. The topological polar surface area (TPSA) is 99.5 Å². The Balaban J connectivity index is 2.27. The second-order valence-electron chi connectivity index (χ2n) is 5.49. The van der Waals surface area contributed by atoms with Crippen LogP contribution in [0.5, 0.6) is 5.75 Å². The number of nitrogens with one attached hydrogen (secondary N) is 1. The lowest BCUT2D eigenvalue weighted by Crippen LogP contribution is -2.33. The Morgan fingerprint density at radius 3 is 2.69 bits per heavy atom. The van der Waals surface area contributed by atoms with Crippen molar-refractivity contribution < 1.29 is 19.1 Å². The van der Waals surface area contributed by atoms with Crippen molar-refractivity contribution in [1.82, 2.24) is 15.1 Å². The number of aromatic nitrogens is 2. The second-order valence-corrected chi connectivity index (χ2v) is 5.49. The number of carbonyl (C=O) groups excluding carboxylic acids is 2. The van der Waals surface area contributed by atoms with Crippen LogP contribution in [0, 0.1) is 0 Å². The number of hydrogen-bond donors (Lipinski definition) is 1. The zero-order valence-corrected chi connectivity index (χ0v) is 14.9. The van der Waals surface area contributed by atoms with Gasteiger partial charge in [0.05, 0.1) is 26.2 Å². The molecular weight excluding hydrogens is 338 g/mol. The van der Waals surface area contributed by atoms with Crippen molar-refractivity contribution in [2.24, 2.45) is 7.05 Å². The van der Waals surface area contributed by atoms with Crippen molar-refractivity contribution >= 4 is 11.9 Å². The maximum absolute atomic E-state index is 12.5. The van der Waals surface area contributed by atoms with Crippen LogP contribution in [0.3, 0.4) is 0 Å². The number of aryl methyl sites for hydroxylation is 1. The maximum atomic E-state index is 12.5. The maximum Gasteiger partial charge on any atom is 0.308 e. The van der Waals surface area contributed by atoms with Crippen molar-refractivity contribution in [3.63, 3.8) is 0 Å². The lowest BCUT2D eigenvalue weighted by molar-refractivity contribution is -0.143. The first-order valence-corrected chi connectivity index (χ1v) is 8.09. The Labute approximate surface area is 150 Å². The van der Waals surface area contributed by atoms with Crippen LogP contribution in [-0.4, -0.2) is 35.4 Å². The molecule has 1 heterocycles. The molecule has 1 atom stereocenters. The van der Waals surface area contributed by atoms with Gasteiger partial charge in [-0.1, -0.05) is 12.1 Å². The summed E-state index contributed by atoms with van der Waals surface area (Å²) in [4.78, 5) is 35.9. The number of rotatable bonds is 7.